The number of rotatable bonds is 8. The molecule has 0 aliphatic carbocycles. The highest BCUT2D eigenvalue weighted by atomic mass is 32.2. The molecule has 5 heteroatoms. The molecule has 0 saturated carbocycles. The third kappa shape index (κ3) is 4.55. The quantitative estimate of drug-likeness (QED) is 0.420. The summed E-state index contributed by atoms with van der Waals surface area (Å²) in [5.41, 5.74) is 3.90. The van der Waals surface area contributed by atoms with Gasteiger partial charge in [-0.2, -0.15) is 11.8 Å². The van der Waals surface area contributed by atoms with Gasteiger partial charge in [-0.05, 0) is 12.3 Å². The molecule has 1 atom stereocenters. The number of benzene rings is 1. The zero-order valence-electron chi connectivity index (χ0n) is 10.3. The molecule has 0 aliphatic rings. The normalized spacial score (nSPS) is 12.4. The van der Waals surface area contributed by atoms with E-state index in [9.17, 15) is 0 Å². The standard InChI is InChI=1S/C12H20N2O2S/c1-15-7-8-16-12-6-4-3-5-10(12)11(14-13)9-17-2/h3-6,11,14H,7-9,13H2,1-2H3. The van der Waals surface area contributed by atoms with Crippen molar-refractivity contribution in [1.82, 2.24) is 5.43 Å². The highest BCUT2D eigenvalue weighted by molar-refractivity contribution is 7.98. The number of thioether (sulfide) groups is 1. The van der Waals surface area contributed by atoms with Crippen LogP contribution in [0.5, 0.6) is 5.75 Å². The second kappa shape index (κ2) is 8.36. The van der Waals surface area contributed by atoms with Crippen molar-refractivity contribution in [3.8, 4) is 5.75 Å². The van der Waals surface area contributed by atoms with Gasteiger partial charge in [0.1, 0.15) is 12.4 Å². The maximum absolute atomic E-state index is 5.68. The van der Waals surface area contributed by atoms with Crippen LogP contribution in [-0.2, 0) is 4.74 Å². The molecule has 1 aromatic rings. The van der Waals surface area contributed by atoms with Gasteiger partial charge in [0, 0.05) is 18.4 Å². The Balaban J connectivity index is 2.74. The lowest BCUT2D eigenvalue weighted by atomic mass is 10.1. The van der Waals surface area contributed by atoms with Crippen LogP contribution in [0.25, 0.3) is 0 Å². The maximum Gasteiger partial charge on any atom is 0.124 e. The summed E-state index contributed by atoms with van der Waals surface area (Å²) in [5, 5.41) is 0. The Labute approximate surface area is 107 Å². The topological polar surface area (TPSA) is 56.5 Å². The third-order valence-electron chi connectivity index (χ3n) is 2.37. The van der Waals surface area contributed by atoms with E-state index in [0.717, 1.165) is 17.1 Å². The molecule has 4 nitrogen and oxygen atoms in total. The molecule has 0 bridgehead atoms. The number of hydrogen-bond acceptors (Lipinski definition) is 5. The van der Waals surface area contributed by atoms with Crippen LogP contribution >= 0.6 is 11.8 Å². The van der Waals surface area contributed by atoms with E-state index in [1.54, 1.807) is 18.9 Å². The van der Waals surface area contributed by atoms with Crippen LogP contribution in [-0.4, -0.2) is 32.3 Å². The Hall–Kier alpha value is -0.750. The van der Waals surface area contributed by atoms with Gasteiger partial charge in [0.25, 0.3) is 0 Å². The SMILES string of the molecule is COCCOc1ccccc1C(CSC)NN. The first-order chi connectivity index (χ1) is 8.33. The minimum Gasteiger partial charge on any atom is -0.491 e. The van der Waals surface area contributed by atoms with Crippen LogP contribution in [0.2, 0.25) is 0 Å². The summed E-state index contributed by atoms with van der Waals surface area (Å²) in [6.07, 6.45) is 2.05. The van der Waals surface area contributed by atoms with Gasteiger partial charge >= 0.3 is 0 Å². The van der Waals surface area contributed by atoms with Gasteiger partial charge < -0.3 is 9.47 Å². The van der Waals surface area contributed by atoms with Gasteiger partial charge in [-0.3, -0.25) is 11.3 Å². The monoisotopic (exact) mass is 256 g/mol. The molecule has 17 heavy (non-hydrogen) atoms. The molecule has 1 aromatic carbocycles. The average molecular weight is 256 g/mol. The second-order valence-electron chi connectivity index (χ2n) is 3.55. The molecule has 0 heterocycles. The van der Waals surface area contributed by atoms with Crippen molar-refractivity contribution in [3.63, 3.8) is 0 Å². The number of ether oxygens (including phenoxy) is 2. The third-order valence-corrected chi connectivity index (χ3v) is 3.04. The zero-order chi connectivity index (χ0) is 12.5. The second-order valence-corrected chi connectivity index (χ2v) is 4.46. The molecule has 1 unspecified atom stereocenters. The van der Waals surface area contributed by atoms with Crippen LogP contribution in [0.15, 0.2) is 24.3 Å². The largest absolute Gasteiger partial charge is 0.491 e. The lowest BCUT2D eigenvalue weighted by Gasteiger charge is -2.19. The summed E-state index contributed by atoms with van der Waals surface area (Å²) < 4.78 is 10.6. The van der Waals surface area contributed by atoms with Crippen molar-refractivity contribution in [2.24, 2.45) is 5.84 Å². The molecule has 0 aromatic heterocycles. The highest BCUT2D eigenvalue weighted by Gasteiger charge is 2.13. The first-order valence-corrected chi connectivity index (χ1v) is 6.88. The Morgan fingerprint density at radius 3 is 2.76 bits per heavy atom. The fourth-order valence-electron chi connectivity index (χ4n) is 1.53. The summed E-state index contributed by atoms with van der Waals surface area (Å²) in [4.78, 5) is 0. The van der Waals surface area contributed by atoms with E-state index in [1.165, 1.54) is 0 Å². The Morgan fingerprint density at radius 1 is 1.35 bits per heavy atom. The molecule has 1 rings (SSSR count). The molecule has 0 fully saturated rings. The van der Waals surface area contributed by atoms with Crippen molar-refractivity contribution in [3.05, 3.63) is 29.8 Å². The van der Waals surface area contributed by atoms with E-state index in [0.29, 0.717) is 13.2 Å². The van der Waals surface area contributed by atoms with Crippen LogP contribution in [0.4, 0.5) is 0 Å². The number of nitrogens with one attached hydrogen (secondary N) is 1. The summed E-state index contributed by atoms with van der Waals surface area (Å²) in [5.74, 6) is 7.34. The molecule has 0 spiro atoms. The Morgan fingerprint density at radius 2 is 2.12 bits per heavy atom. The summed E-state index contributed by atoms with van der Waals surface area (Å²) in [6.45, 7) is 1.13. The average Bonchev–Trinajstić information content (AvgIpc) is 2.37. The van der Waals surface area contributed by atoms with Crippen LogP contribution in [0.3, 0.4) is 0 Å². The minimum atomic E-state index is 0.101. The molecular formula is C12H20N2O2S. The lowest BCUT2D eigenvalue weighted by molar-refractivity contribution is 0.145. The Kier molecular flexibility index (Phi) is 7.04. The van der Waals surface area contributed by atoms with Crippen LogP contribution in [0, 0.1) is 0 Å². The number of nitrogens with two attached hydrogens (primary N) is 1. The van der Waals surface area contributed by atoms with Gasteiger partial charge in [0.2, 0.25) is 0 Å². The predicted molar refractivity (Wildman–Crippen MR) is 72.3 cm³/mol. The fraction of sp³-hybridized carbons (Fsp3) is 0.500. The molecule has 96 valence electrons. The van der Waals surface area contributed by atoms with Gasteiger partial charge in [-0.15, -0.1) is 0 Å². The van der Waals surface area contributed by atoms with Crippen molar-refractivity contribution in [2.45, 2.75) is 6.04 Å². The molecule has 3 N–H and O–H groups in total. The summed E-state index contributed by atoms with van der Waals surface area (Å²) in [6, 6.07) is 8.03. The smallest absolute Gasteiger partial charge is 0.124 e. The van der Waals surface area contributed by atoms with Crippen molar-refractivity contribution in [1.29, 1.82) is 0 Å². The Bertz CT molecular complexity index is 323. The molecule has 0 radical (unpaired) electrons. The minimum absolute atomic E-state index is 0.101. The van der Waals surface area contributed by atoms with E-state index in [-0.39, 0.29) is 6.04 Å². The molecule has 0 aliphatic heterocycles. The van der Waals surface area contributed by atoms with Gasteiger partial charge in [-0.25, -0.2) is 0 Å². The number of hydrogen-bond donors (Lipinski definition) is 2. The number of methoxy groups -OCH3 is 1. The van der Waals surface area contributed by atoms with Gasteiger partial charge in [0.15, 0.2) is 0 Å². The molecule has 0 amide bonds. The van der Waals surface area contributed by atoms with Crippen molar-refractivity contribution in [2.75, 3.05) is 32.3 Å². The van der Waals surface area contributed by atoms with E-state index in [1.807, 2.05) is 24.3 Å². The van der Waals surface area contributed by atoms with E-state index < -0.39 is 0 Å². The molecular weight excluding hydrogens is 236 g/mol. The summed E-state index contributed by atoms with van der Waals surface area (Å²) >= 11 is 1.74. The van der Waals surface area contributed by atoms with Crippen LogP contribution in [0.1, 0.15) is 11.6 Å². The zero-order valence-corrected chi connectivity index (χ0v) is 11.1. The lowest BCUT2D eigenvalue weighted by Crippen LogP contribution is -2.30. The van der Waals surface area contributed by atoms with Crippen molar-refractivity contribution >= 4 is 11.8 Å². The fourth-order valence-corrected chi connectivity index (χ4v) is 2.14. The van der Waals surface area contributed by atoms with E-state index in [4.69, 9.17) is 15.3 Å². The van der Waals surface area contributed by atoms with Gasteiger partial charge in [0.05, 0.1) is 12.6 Å². The first-order valence-electron chi connectivity index (χ1n) is 5.49. The van der Waals surface area contributed by atoms with Crippen LogP contribution < -0.4 is 16.0 Å². The maximum atomic E-state index is 5.68. The summed E-state index contributed by atoms with van der Waals surface area (Å²) in [7, 11) is 1.66. The van der Waals surface area contributed by atoms with E-state index in [2.05, 4.69) is 11.7 Å². The van der Waals surface area contributed by atoms with E-state index >= 15 is 0 Å². The number of para-hydroxylation sites is 1. The van der Waals surface area contributed by atoms with Gasteiger partial charge in [-0.1, -0.05) is 18.2 Å². The molecule has 0 saturated heterocycles. The first kappa shape index (κ1) is 14.3. The predicted octanol–water partition coefficient (Wildman–Crippen LogP) is 1.58. The number of hydrazine groups is 1. The van der Waals surface area contributed by atoms with Crippen molar-refractivity contribution < 1.29 is 9.47 Å². The highest BCUT2D eigenvalue weighted by Crippen LogP contribution is 2.26.